The van der Waals surface area contributed by atoms with Crippen LogP contribution in [0.1, 0.15) is 105 Å². The first-order valence-electron chi connectivity index (χ1n) is 11.2. The minimum absolute atomic E-state index is 0.0132. The zero-order valence-electron chi connectivity index (χ0n) is 18.2. The van der Waals surface area contributed by atoms with Crippen molar-refractivity contribution in [1.29, 1.82) is 0 Å². The van der Waals surface area contributed by atoms with E-state index in [1.807, 2.05) is 13.8 Å². The number of nitrogens with one attached hydrogen (secondary N) is 1. The van der Waals surface area contributed by atoms with E-state index in [0.717, 1.165) is 19.3 Å². The van der Waals surface area contributed by atoms with Crippen molar-refractivity contribution in [2.45, 2.75) is 111 Å². The van der Waals surface area contributed by atoms with Gasteiger partial charge in [0.1, 0.15) is 6.04 Å². The van der Waals surface area contributed by atoms with Crippen LogP contribution in [0.2, 0.25) is 0 Å². The lowest BCUT2D eigenvalue weighted by atomic mass is 9.99. The van der Waals surface area contributed by atoms with E-state index in [9.17, 15) is 9.59 Å². The van der Waals surface area contributed by atoms with Crippen LogP contribution in [-0.2, 0) is 14.3 Å². The number of ether oxygens (including phenoxy) is 2. The summed E-state index contributed by atoms with van der Waals surface area (Å²) in [6.07, 6.45) is 14.1. The van der Waals surface area contributed by atoms with Crippen molar-refractivity contribution >= 4 is 12.1 Å². The molecule has 0 heterocycles. The summed E-state index contributed by atoms with van der Waals surface area (Å²) >= 11 is 0. The summed E-state index contributed by atoms with van der Waals surface area (Å²) in [5.41, 5.74) is 0. The molecule has 0 rings (SSSR count). The second-order valence-corrected chi connectivity index (χ2v) is 7.43. The number of unbranched alkanes of at least 4 members (excludes halogenated alkanes) is 10. The first-order valence-corrected chi connectivity index (χ1v) is 11.2. The van der Waals surface area contributed by atoms with Gasteiger partial charge in [-0.05, 0) is 19.3 Å². The fourth-order valence-corrected chi connectivity index (χ4v) is 3.00. The molecule has 2 atom stereocenters. The quantitative estimate of drug-likeness (QED) is 0.246. The molecule has 0 saturated carbocycles. The summed E-state index contributed by atoms with van der Waals surface area (Å²) in [6.45, 7) is 8.61. The van der Waals surface area contributed by atoms with E-state index in [4.69, 9.17) is 9.47 Å². The van der Waals surface area contributed by atoms with Crippen LogP contribution in [0.4, 0.5) is 4.79 Å². The third kappa shape index (κ3) is 14.5. The Bertz CT molecular complexity index is 373. The average molecular weight is 386 g/mol. The lowest BCUT2D eigenvalue weighted by molar-refractivity contribution is -0.147. The van der Waals surface area contributed by atoms with Crippen molar-refractivity contribution < 1.29 is 19.1 Å². The monoisotopic (exact) mass is 385 g/mol. The summed E-state index contributed by atoms with van der Waals surface area (Å²) in [4.78, 5) is 23.9. The van der Waals surface area contributed by atoms with Crippen LogP contribution < -0.4 is 5.32 Å². The number of rotatable bonds is 17. The molecule has 0 spiro atoms. The van der Waals surface area contributed by atoms with Crippen LogP contribution in [0.3, 0.4) is 0 Å². The lowest BCUT2D eigenvalue weighted by Gasteiger charge is -2.22. The molecule has 0 aliphatic rings. The molecule has 0 aromatic carbocycles. The molecule has 0 aliphatic carbocycles. The Morgan fingerprint density at radius 2 is 1.30 bits per heavy atom. The number of hydrogen-bond acceptors (Lipinski definition) is 4. The van der Waals surface area contributed by atoms with Gasteiger partial charge in [0.05, 0.1) is 13.2 Å². The van der Waals surface area contributed by atoms with Crippen LogP contribution in [0, 0.1) is 5.92 Å². The maximum atomic E-state index is 12.3. The highest BCUT2D eigenvalue weighted by atomic mass is 16.6. The normalized spacial score (nSPS) is 13.0. The summed E-state index contributed by atoms with van der Waals surface area (Å²) < 4.78 is 10.3. The topological polar surface area (TPSA) is 64.6 Å². The fourth-order valence-electron chi connectivity index (χ4n) is 3.00. The van der Waals surface area contributed by atoms with Crippen molar-refractivity contribution in [2.75, 3.05) is 13.2 Å². The van der Waals surface area contributed by atoms with Crippen molar-refractivity contribution in [3.05, 3.63) is 0 Å². The molecule has 0 saturated heterocycles. The smallest absolute Gasteiger partial charge is 0.407 e. The number of carbonyl (C=O) groups excluding carboxylic acids is 2. The predicted molar refractivity (Wildman–Crippen MR) is 111 cm³/mol. The summed E-state index contributed by atoms with van der Waals surface area (Å²) in [7, 11) is 0. The van der Waals surface area contributed by atoms with Gasteiger partial charge in [-0.2, -0.15) is 0 Å². The Morgan fingerprint density at radius 3 is 1.78 bits per heavy atom. The second-order valence-electron chi connectivity index (χ2n) is 7.43. The molecule has 0 aromatic rings. The standard InChI is InChI=1S/C22H43NO4/c1-5-8-9-10-11-12-13-14-15-16-17-18-27-21(24)20(19(4)6-2)23-22(25)26-7-3/h19-20H,5-18H2,1-4H3,(H,23,25)/t19?,20-/m0/s1. The molecule has 0 fully saturated rings. The van der Waals surface area contributed by atoms with Gasteiger partial charge in [0.2, 0.25) is 0 Å². The van der Waals surface area contributed by atoms with E-state index in [-0.39, 0.29) is 18.5 Å². The molecule has 160 valence electrons. The van der Waals surface area contributed by atoms with Crippen LogP contribution >= 0.6 is 0 Å². The lowest BCUT2D eigenvalue weighted by Crippen LogP contribution is -2.46. The van der Waals surface area contributed by atoms with Gasteiger partial charge in [0.15, 0.2) is 0 Å². The Morgan fingerprint density at radius 1 is 0.778 bits per heavy atom. The van der Waals surface area contributed by atoms with Gasteiger partial charge in [-0.15, -0.1) is 0 Å². The van der Waals surface area contributed by atoms with Crippen LogP contribution in [0.15, 0.2) is 0 Å². The average Bonchev–Trinajstić information content (AvgIpc) is 2.66. The maximum absolute atomic E-state index is 12.3. The predicted octanol–water partition coefficient (Wildman–Crippen LogP) is 6.00. The van der Waals surface area contributed by atoms with Gasteiger partial charge in [0, 0.05) is 0 Å². The molecule has 0 aliphatic heterocycles. The number of carbonyl (C=O) groups is 2. The molecule has 5 nitrogen and oxygen atoms in total. The van der Waals surface area contributed by atoms with Crippen LogP contribution in [0.5, 0.6) is 0 Å². The number of hydrogen-bond donors (Lipinski definition) is 1. The van der Waals surface area contributed by atoms with Crippen molar-refractivity contribution in [2.24, 2.45) is 5.92 Å². The van der Waals surface area contributed by atoms with Crippen LogP contribution in [-0.4, -0.2) is 31.3 Å². The third-order valence-corrected chi connectivity index (χ3v) is 5.01. The Labute approximate surface area is 167 Å². The first-order chi connectivity index (χ1) is 13.1. The van der Waals surface area contributed by atoms with Gasteiger partial charge >= 0.3 is 12.1 Å². The molecule has 1 amide bonds. The van der Waals surface area contributed by atoms with E-state index in [2.05, 4.69) is 12.2 Å². The molecule has 0 bridgehead atoms. The SMILES string of the molecule is CCCCCCCCCCCCCOC(=O)[C@@H](NC(=O)OCC)C(C)CC. The highest BCUT2D eigenvalue weighted by Gasteiger charge is 2.27. The van der Waals surface area contributed by atoms with Crippen molar-refractivity contribution in [3.8, 4) is 0 Å². The van der Waals surface area contributed by atoms with E-state index >= 15 is 0 Å². The largest absolute Gasteiger partial charge is 0.464 e. The van der Waals surface area contributed by atoms with E-state index in [1.54, 1.807) is 6.92 Å². The highest BCUT2D eigenvalue weighted by Crippen LogP contribution is 2.12. The first kappa shape index (κ1) is 25.7. The second kappa shape index (κ2) is 18.1. The molecular weight excluding hydrogens is 342 g/mol. The van der Waals surface area contributed by atoms with E-state index < -0.39 is 12.1 Å². The number of alkyl carbamates (subject to hydrolysis) is 1. The number of amides is 1. The maximum Gasteiger partial charge on any atom is 0.407 e. The minimum atomic E-state index is -0.637. The molecule has 27 heavy (non-hydrogen) atoms. The van der Waals surface area contributed by atoms with Gasteiger partial charge in [0.25, 0.3) is 0 Å². The van der Waals surface area contributed by atoms with Gasteiger partial charge in [-0.1, -0.05) is 91.4 Å². The van der Waals surface area contributed by atoms with Gasteiger partial charge in [-0.25, -0.2) is 9.59 Å². The summed E-state index contributed by atoms with van der Waals surface area (Å²) in [6, 6.07) is -0.637. The summed E-state index contributed by atoms with van der Waals surface area (Å²) in [5.74, 6) is -0.344. The summed E-state index contributed by atoms with van der Waals surface area (Å²) in [5, 5.41) is 2.63. The van der Waals surface area contributed by atoms with E-state index in [1.165, 1.54) is 57.8 Å². The molecule has 0 radical (unpaired) electrons. The zero-order valence-corrected chi connectivity index (χ0v) is 18.2. The minimum Gasteiger partial charge on any atom is -0.464 e. The fraction of sp³-hybridized carbons (Fsp3) is 0.909. The molecule has 5 heteroatoms. The molecule has 0 aromatic heterocycles. The Hall–Kier alpha value is -1.26. The number of esters is 1. The highest BCUT2D eigenvalue weighted by molar-refractivity contribution is 5.81. The van der Waals surface area contributed by atoms with Crippen molar-refractivity contribution in [1.82, 2.24) is 5.32 Å². The molecule has 1 N–H and O–H groups in total. The zero-order chi connectivity index (χ0) is 20.3. The van der Waals surface area contributed by atoms with Gasteiger partial charge < -0.3 is 14.8 Å². The van der Waals surface area contributed by atoms with Crippen LogP contribution in [0.25, 0.3) is 0 Å². The molecule has 1 unspecified atom stereocenters. The van der Waals surface area contributed by atoms with E-state index in [0.29, 0.717) is 6.61 Å². The Kier molecular flexibility index (Phi) is 17.3. The third-order valence-electron chi connectivity index (χ3n) is 5.01. The molecular formula is C22H43NO4. The van der Waals surface area contributed by atoms with Gasteiger partial charge in [-0.3, -0.25) is 0 Å². The van der Waals surface area contributed by atoms with Crippen molar-refractivity contribution in [3.63, 3.8) is 0 Å². The Balaban J connectivity index is 3.78.